The Bertz CT molecular complexity index is 377. The van der Waals surface area contributed by atoms with E-state index in [0.717, 1.165) is 37.7 Å². The van der Waals surface area contributed by atoms with Crippen LogP contribution in [-0.2, 0) is 13.0 Å². The van der Waals surface area contributed by atoms with Crippen molar-refractivity contribution >= 4 is 0 Å². The first-order chi connectivity index (χ1) is 9.22. The van der Waals surface area contributed by atoms with Crippen LogP contribution in [0.4, 0.5) is 0 Å². The molecule has 0 saturated carbocycles. The Balaban J connectivity index is 1.82. The summed E-state index contributed by atoms with van der Waals surface area (Å²) in [4.78, 5) is 6.84. The van der Waals surface area contributed by atoms with Crippen molar-refractivity contribution < 1.29 is 4.42 Å². The minimum Gasteiger partial charge on any atom is -0.444 e. The topological polar surface area (TPSA) is 41.3 Å². The maximum absolute atomic E-state index is 5.71. The summed E-state index contributed by atoms with van der Waals surface area (Å²) in [5.41, 5.74) is 0. The van der Waals surface area contributed by atoms with Crippen molar-refractivity contribution in [2.45, 2.75) is 65.1 Å². The minimum atomic E-state index is 0.597. The van der Waals surface area contributed by atoms with Gasteiger partial charge in [0.25, 0.3) is 0 Å². The largest absolute Gasteiger partial charge is 0.444 e. The van der Waals surface area contributed by atoms with Crippen molar-refractivity contribution in [3.63, 3.8) is 0 Å². The lowest BCUT2D eigenvalue weighted by atomic mass is 9.98. The fraction of sp³-hybridized carbons (Fsp3) is 0.800. The van der Waals surface area contributed by atoms with Gasteiger partial charge in [-0.3, -0.25) is 4.90 Å². The fourth-order valence-corrected chi connectivity index (χ4v) is 2.75. The van der Waals surface area contributed by atoms with Gasteiger partial charge in [0.15, 0.2) is 0 Å². The van der Waals surface area contributed by atoms with Crippen LogP contribution in [-0.4, -0.2) is 35.1 Å². The Kier molecular flexibility index (Phi) is 5.40. The fourth-order valence-electron chi connectivity index (χ4n) is 2.75. The number of aromatic nitrogens is 1. The lowest BCUT2D eigenvalue weighted by Gasteiger charge is -2.37. The van der Waals surface area contributed by atoms with Gasteiger partial charge in [-0.1, -0.05) is 13.8 Å². The van der Waals surface area contributed by atoms with Gasteiger partial charge in [-0.15, -0.1) is 0 Å². The van der Waals surface area contributed by atoms with Gasteiger partial charge in [-0.2, -0.15) is 0 Å². The summed E-state index contributed by atoms with van der Waals surface area (Å²) >= 11 is 0. The van der Waals surface area contributed by atoms with Gasteiger partial charge in [-0.05, 0) is 32.7 Å². The number of hydrogen-bond donors (Lipinski definition) is 1. The Morgan fingerprint density at radius 2 is 2.32 bits per heavy atom. The number of aryl methyl sites for hydroxylation is 1. The van der Waals surface area contributed by atoms with E-state index in [4.69, 9.17) is 4.42 Å². The molecule has 1 aliphatic rings. The van der Waals surface area contributed by atoms with Crippen molar-refractivity contribution in [2.24, 2.45) is 0 Å². The summed E-state index contributed by atoms with van der Waals surface area (Å²) in [6, 6.07) is 1.28. The zero-order chi connectivity index (χ0) is 13.7. The summed E-state index contributed by atoms with van der Waals surface area (Å²) in [6.45, 7) is 9.74. The first-order valence-electron chi connectivity index (χ1n) is 7.64. The van der Waals surface area contributed by atoms with Crippen LogP contribution in [0.25, 0.3) is 0 Å². The summed E-state index contributed by atoms with van der Waals surface area (Å²) < 4.78 is 5.71. The van der Waals surface area contributed by atoms with E-state index in [2.05, 4.69) is 36.0 Å². The smallest absolute Gasteiger partial charge is 0.208 e. The summed E-state index contributed by atoms with van der Waals surface area (Å²) in [5, 5.41) is 3.63. The molecule has 2 atom stereocenters. The van der Waals surface area contributed by atoms with Crippen LogP contribution >= 0.6 is 0 Å². The van der Waals surface area contributed by atoms with Crippen LogP contribution in [0.3, 0.4) is 0 Å². The number of piperidine rings is 1. The van der Waals surface area contributed by atoms with Crippen LogP contribution < -0.4 is 5.32 Å². The van der Waals surface area contributed by atoms with Gasteiger partial charge in [0.05, 0.1) is 12.7 Å². The molecule has 0 bridgehead atoms. The maximum atomic E-state index is 5.71. The molecule has 19 heavy (non-hydrogen) atoms. The monoisotopic (exact) mass is 265 g/mol. The number of hydrogen-bond acceptors (Lipinski definition) is 4. The molecular weight excluding hydrogens is 238 g/mol. The number of nitrogens with zero attached hydrogens (tertiary/aromatic N) is 2. The van der Waals surface area contributed by atoms with Crippen molar-refractivity contribution in [3.8, 4) is 0 Å². The average molecular weight is 265 g/mol. The third-order valence-electron chi connectivity index (χ3n) is 3.99. The molecule has 0 aromatic carbocycles. The zero-order valence-electron chi connectivity index (χ0n) is 12.5. The molecule has 0 radical (unpaired) electrons. The Hall–Kier alpha value is -0.870. The third kappa shape index (κ3) is 4.05. The lowest BCUT2D eigenvalue weighted by molar-refractivity contribution is 0.117. The van der Waals surface area contributed by atoms with Crippen molar-refractivity contribution in [1.82, 2.24) is 15.2 Å². The van der Waals surface area contributed by atoms with Gasteiger partial charge in [0, 0.05) is 25.0 Å². The molecule has 1 fully saturated rings. The quantitative estimate of drug-likeness (QED) is 0.858. The van der Waals surface area contributed by atoms with Crippen molar-refractivity contribution in [2.75, 3.05) is 13.1 Å². The number of likely N-dealkylation sites (tertiary alicyclic amines) is 1. The van der Waals surface area contributed by atoms with Gasteiger partial charge < -0.3 is 9.73 Å². The van der Waals surface area contributed by atoms with Crippen LogP contribution in [0.1, 0.15) is 51.7 Å². The molecule has 1 aliphatic heterocycles. The standard InChI is InChI=1S/C15H27N3O/c1-4-7-16-13-6-8-18(12(3)9-13)11-15-17-10-14(5-2)19-15/h10,12-13,16H,4-9,11H2,1-3H3. The second-order valence-corrected chi connectivity index (χ2v) is 5.57. The van der Waals surface area contributed by atoms with Crippen molar-refractivity contribution in [3.05, 3.63) is 17.8 Å². The predicted octanol–water partition coefficient (Wildman–Crippen LogP) is 2.59. The number of oxazole rings is 1. The van der Waals surface area contributed by atoms with Gasteiger partial charge in [0.2, 0.25) is 5.89 Å². The Labute approximate surface area is 116 Å². The molecule has 2 rings (SSSR count). The average Bonchev–Trinajstić information content (AvgIpc) is 2.87. The van der Waals surface area contributed by atoms with E-state index in [1.165, 1.54) is 19.3 Å². The highest BCUT2D eigenvalue weighted by Gasteiger charge is 2.25. The predicted molar refractivity (Wildman–Crippen MR) is 77.1 cm³/mol. The Morgan fingerprint density at radius 1 is 1.47 bits per heavy atom. The van der Waals surface area contributed by atoms with E-state index in [9.17, 15) is 0 Å². The van der Waals surface area contributed by atoms with E-state index in [-0.39, 0.29) is 0 Å². The Morgan fingerprint density at radius 3 is 2.95 bits per heavy atom. The van der Waals surface area contributed by atoms with E-state index in [0.29, 0.717) is 12.1 Å². The highest BCUT2D eigenvalue weighted by molar-refractivity contribution is 4.94. The molecule has 0 aliphatic carbocycles. The summed E-state index contributed by atoms with van der Waals surface area (Å²) in [5.74, 6) is 1.85. The molecule has 2 heterocycles. The minimum absolute atomic E-state index is 0.597. The van der Waals surface area contributed by atoms with E-state index < -0.39 is 0 Å². The number of nitrogens with one attached hydrogen (secondary N) is 1. The normalized spacial score (nSPS) is 24.8. The zero-order valence-corrected chi connectivity index (χ0v) is 12.5. The third-order valence-corrected chi connectivity index (χ3v) is 3.99. The van der Waals surface area contributed by atoms with Crippen molar-refractivity contribution in [1.29, 1.82) is 0 Å². The molecule has 1 N–H and O–H groups in total. The molecule has 1 aromatic heterocycles. The molecule has 4 nitrogen and oxygen atoms in total. The van der Waals surface area contributed by atoms with Gasteiger partial charge in [-0.25, -0.2) is 4.98 Å². The van der Waals surface area contributed by atoms with Gasteiger partial charge in [0.1, 0.15) is 5.76 Å². The molecule has 108 valence electrons. The molecule has 0 spiro atoms. The summed E-state index contributed by atoms with van der Waals surface area (Å²) in [6.07, 6.45) is 6.44. The second kappa shape index (κ2) is 7.06. The van der Waals surface area contributed by atoms with Crippen LogP contribution in [0, 0.1) is 0 Å². The molecule has 0 amide bonds. The summed E-state index contributed by atoms with van der Waals surface area (Å²) in [7, 11) is 0. The van der Waals surface area contributed by atoms with E-state index in [1.54, 1.807) is 0 Å². The van der Waals surface area contributed by atoms with E-state index in [1.807, 2.05) is 6.20 Å². The van der Waals surface area contributed by atoms with Crippen LogP contribution in [0.2, 0.25) is 0 Å². The van der Waals surface area contributed by atoms with Crippen LogP contribution in [0.5, 0.6) is 0 Å². The SMILES string of the molecule is CCCNC1CCN(Cc2ncc(CC)o2)C(C)C1. The molecule has 2 unspecified atom stereocenters. The first-order valence-corrected chi connectivity index (χ1v) is 7.64. The second-order valence-electron chi connectivity index (χ2n) is 5.57. The molecule has 1 aromatic rings. The highest BCUT2D eigenvalue weighted by atomic mass is 16.4. The first kappa shape index (κ1) is 14.5. The molecule has 4 heteroatoms. The van der Waals surface area contributed by atoms with Gasteiger partial charge >= 0.3 is 0 Å². The van der Waals surface area contributed by atoms with E-state index >= 15 is 0 Å². The lowest BCUT2D eigenvalue weighted by Crippen LogP contribution is -2.47. The molecule has 1 saturated heterocycles. The van der Waals surface area contributed by atoms with Crippen LogP contribution in [0.15, 0.2) is 10.6 Å². The maximum Gasteiger partial charge on any atom is 0.208 e. The molecular formula is C15H27N3O. The highest BCUT2D eigenvalue weighted by Crippen LogP contribution is 2.20. The number of rotatable bonds is 6.